The third-order valence-electron chi connectivity index (χ3n) is 5.07. The maximum Gasteiger partial charge on any atom is 0.279 e. The van der Waals surface area contributed by atoms with Crippen LogP contribution >= 0.6 is 0 Å². The van der Waals surface area contributed by atoms with Gasteiger partial charge >= 0.3 is 0 Å². The molecule has 2 aromatic rings. The number of hydrogen-bond acceptors (Lipinski definition) is 3. The summed E-state index contributed by atoms with van der Waals surface area (Å²) in [6.45, 7) is 4.71. The van der Waals surface area contributed by atoms with Crippen molar-refractivity contribution < 1.29 is 19.2 Å². The summed E-state index contributed by atoms with van der Waals surface area (Å²) in [7, 11) is 1.60. The molecular weight excluding hydrogens is 354 g/mol. The molecule has 1 unspecified atom stereocenters. The number of methoxy groups -OCH3 is 1. The predicted octanol–water partition coefficient (Wildman–Crippen LogP) is 2.20. The molecule has 6 nitrogen and oxygen atoms in total. The van der Waals surface area contributed by atoms with Crippen LogP contribution in [0.15, 0.2) is 48.5 Å². The Bertz CT molecular complexity index is 820. The van der Waals surface area contributed by atoms with Crippen molar-refractivity contribution in [3.63, 3.8) is 0 Å². The van der Waals surface area contributed by atoms with E-state index in [0.717, 1.165) is 25.3 Å². The topological polar surface area (TPSA) is 71.9 Å². The molecule has 0 bridgehead atoms. The molecule has 1 fully saturated rings. The molecule has 2 amide bonds. The Morgan fingerprint density at radius 2 is 1.86 bits per heavy atom. The molecule has 148 valence electrons. The van der Waals surface area contributed by atoms with Crippen molar-refractivity contribution >= 4 is 23.2 Å². The lowest BCUT2D eigenvalue weighted by Crippen LogP contribution is -3.14. The van der Waals surface area contributed by atoms with Crippen LogP contribution in [0.5, 0.6) is 5.75 Å². The van der Waals surface area contributed by atoms with E-state index in [1.165, 1.54) is 11.3 Å². The van der Waals surface area contributed by atoms with Gasteiger partial charge in [-0.05, 0) is 49.2 Å². The smallest absolute Gasteiger partial charge is 0.279 e. The average Bonchev–Trinajstić information content (AvgIpc) is 2.69. The highest BCUT2D eigenvalue weighted by Crippen LogP contribution is 2.19. The van der Waals surface area contributed by atoms with Crippen LogP contribution in [0, 0.1) is 5.92 Å². The number of ether oxygens (including phenoxy) is 1. The number of hydrogen-bond donors (Lipinski definition) is 3. The van der Waals surface area contributed by atoms with Crippen LogP contribution in [0.25, 0.3) is 0 Å². The molecule has 0 spiro atoms. The standard InChI is InChI=1S/C22H27N3O3/c1-16-6-5-13-25(14-16)15-21(26)24-20-8-4-3-7-19(20)22(27)23-17-9-11-18(28-2)12-10-17/h3-4,7-12,16H,5-6,13-15H2,1-2H3,(H,23,27)(H,24,26)/p+1/t16-/m0/s1. The number of piperidine rings is 1. The van der Waals surface area contributed by atoms with Crippen LogP contribution < -0.4 is 20.3 Å². The maximum absolute atomic E-state index is 12.7. The van der Waals surface area contributed by atoms with Crippen LogP contribution in [-0.4, -0.2) is 38.6 Å². The summed E-state index contributed by atoms with van der Waals surface area (Å²) in [5.74, 6) is 1.05. The maximum atomic E-state index is 12.7. The second kappa shape index (κ2) is 9.37. The average molecular weight is 382 g/mol. The van der Waals surface area contributed by atoms with Gasteiger partial charge in [-0.3, -0.25) is 9.59 Å². The second-order valence-electron chi connectivity index (χ2n) is 7.40. The van der Waals surface area contributed by atoms with Gasteiger partial charge in [0.1, 0.15) is 5.75 Å². The molecule has 1 saturated heterocycles. The number of nitrogens with one attached hydrogen (secondary N) is 3. The zero-order chi connectivity index (χ0) is 19.9. The molecule has 1 aliphatic heterocycles. The van der Waals surface area contributed by atoms with Crippen molar-refractivity contribution in [1.29, 1.82) is 0 Å². The minimum absolute atomic E-state index is 0.0613. The van der Waals surface area contributed by atoms with Crippen molar-refractivity contribution in [1.82, 2.24) is 0 Å². The van der Waals surface area contributed by atoms with Crippen LogP contribution in [0.2, 0.25) is 0 Å². The summed E-state index contributed by atoms with van der Waals surface area (Å²) < 4.78 is 5.13. The van der Waals surface area contributed by atoms with E-state index in [1.807, 2.05) is 6.07 Å². The summed E-state index contributed by atoms with van der Waals surface area (Å²) in [4.78, 5) is 26.5. The minimum Gasteiger partial charge on any atom is -0.497 e. The Kier molecular flexibility index (Phi) is 6.66. The molecule has 1 aliphatic rings. The zero-order valence-electron chi connectivity index (χ0n) is 16.5. The van der Waals surface area contributed by atoms with Crippen LogP contribution in [0.4, 0.5) is 11.4 Å². The molecule has 6 heteroatoms. The monoisotopic (exact) mass is 382 g/mol. The molecule has 2 atom stereocenters. The van der Waals surface area contributed by atoms with Gasteiger partial charge in [-0.1, -0.05) is 19.1 Å². The van der Waals surface area contributed by atoms with Crippen molar-refractivity contribution in [2.24, 2.45) is 5.92 Å². The molecule has 3 rings (SSSR count). The van der Waals surface area contributed by atoms with Crippen molar-refractivity contribution in [2.45, 2.75) is 19.8 Å². The van der Waals surface area contributed by atoms with Crippen LogP contribution in [-0.2, 0) is 4.79 Å². The van der Waals surface area contributed by atoms with E-state index in [4.69, 9.17) is 4.74 Å². The molecule has 1 heterocycles. The summed E-state index contributed by atoms with van der Waals surface area (Å²) in [6, 6.07) is 14.2. The number of rotatable bonds is 6. The van der Waals surface area contributed by atoms with Gasteiger partial charge < -0.3 is 20.3 Å². The van der Waals surface area contributed by atoms with Gasteiger partial charge in [-0.15, -0.1) is 0 Å². The highest BCUT2D eigenvalue weighted by molar-refractivity contribution is 6.10. The van der Waals surface area contributed by atoms with Gasteiger partial charge in [0.25, 0.3) is 11.8 Å². The molecule has 2 aromatic carbocycles. The Labute approximate surface area is 165 Å². The first kappa shape index (κ1) is 19.9. The SMILES string of the molecule is COc1ccc(NC(=O)c2ccccc2NC(=O)C[NH+]2CCC[C@H](C)C2)cc1. The molecule has 3 N–H and O–H groups in total. The summed E-state index contributed by atoms with van der Waals surface area (Å²) in [6.07, 6.45) is 2.39. The number of quaternary nitrogens is 1. The van der Waals surface area contributed by atoms with Gasteiger partial charge in [-0.2, -0.15) is 0 Å². The molecular formula is C22H28N3O3+. The molecule has 28 heavy (non-hydrogen) atoms. The van der Waals surface area contributed by atoms with E-state index >= 15 is 0 Å². The zero-order valence-corrected chi connectivity index (χ0v) is 16.5. The van der Waals surface area contributed by atoms with Gasteiger partial charge in [0, 0.05) is 11.6 Å². The third kappa shape index (κ3) is 5.33. The first-order chi connectivity index (χ1) is 13.5. The van der Waals surface area contributed by atoms with Gasteiger partial charge in [0.2, 0.25) is 0 Å². The van der Waals surface area contributed by atoms with Crippen molar-refractivity contribution in [2.75, 3.05) is 37.4 Å². The van der Waals surface area contributed by atoms with Gasteiger partial charge in [-0.25, -0.2) is 0 Å². The van der Waals surface area contributed by atoms with Crippen molar-refractivity contribution in [3.05, 3.63) is 54.1 Å². The van der Waals surface area contributed by atoms with Crippen LogP contribution in [0.1, 0.15) is 30.1 Å². The quantitative estimate of drug-likeness (QED) is 0.717. The van der Waals surface area contributed by atoms with Crippen molar-refractivity contribution in [3.8, 4) is 5.75 Å². The summed E-state index contributed by atoms with van der Waals surface area (Å²) >= 11 is 0. The number of benzene rings is 2. The summed E-state index contributed by atoms with van der Waals surface area (Å²) in [5, 5.41) is 5.78. The number of para-hydroxylation sites is 1. The lowest BCUT2D eigenvalue weighted by atomic mass is 10.0. The Morgan fingerprint density at radius 3 is 2.57 bits per heavy atom. The fourth-order valence-electron chi connectivity index (χ4n) is 3.64. The highest BCUT2D eigenvalue weighted by atomic mass is 16.5. The minimum atomic E-state index is -0.264. The Morgan fingerprint density at radius 1 is 1.11 bits per heavy atom. The lowest BCUT2D eigenvalue weighted by Gasteiger charge is -2.27. The highest BCUT2D eigenvalue weighted by Gasteiger charge is 2.22. The Hall–Kier alpha value is -2.86. The second-order valence-corrected chi connectivity index (χ2v) is 7.40. The van der Waals surface area contributed by atoms with E-state index in [2.05, 4.69) is 17.6 Å². The molecule has 0 aromatic heterocycles. The number of amides is 2. The van der Waals surface area contributed by atoms with E-state index in [0.29, 0.717) is 29.4 Å². The van der Waals surface area contributed by atoms with E-state index in [-0.39, 0.29) is 11.8 Å². The summed E-state index contributed by atoms with van der Waals surface area (Å²) in [5.41, 5.74) is 1.63. The third-order valence-corrected chi connectivity index (χ3v) is 5.07. The van der Waals surface area contributed by atoms with E-state index in [9.17, 15) is 9.59 Å². The largest absolute Gasteiger partial charge is 0.497 e. The first-order valence-electron chi connectivity index (χ1n) is 9.73. The van der Waals surface area contributed by atoms with Gasteiger partial charge in [0.15, 0.2) is 6.54 Å². The number of carbonyl (C=O) groups is 2. The number of carbonyl (C=O) groups excluding carboxylic acids is 2. The molecule has 0 saturated carbocycles. The normalized spacial score (nSPS) is 18.9. The number of anilines is 2. The predicted molar refractivity (Wildman–Crippen MR) is 110 cm³/mol. The fourth-order valence-corrected chi connectivity index (χ4v) is 3.64. The molecule has 0 aliphatic carbocycles. The fraction of sp³-hybridized carbons (Fsp3) is 0.364. The van der Waals surface area contributed by atoms with E-state index < -0.39 is 0 Å². The molecule has 0 radical (unpaired) electrons. The Balaban J connectivity index is 1.64. The van der Waals surface area contributed by atoms with E-state index in [1.54, 1.807) is 49.6 Å². The lowest BCUT2D eigenvalue weighted by molar-refractivity contribution is -0.900. The number of likely N-dealkylation sites (tertiary alicyclic amines) is 1. The van der Waals surface area contributed by atoms with Gasteiger partial charge in [0.05, 0.1) is 31.5 Å². The van der Waals surface area contributed by atoms with Crippen LogP contribution in [0.3, 0.4) is 0 Å². The first-order valence-corrected chi connectivity index (χ1v) is 9.73.